The molecule has 0 aliphatic carbocycles. The van der Waals surface area contributed by atoms with E-state index >= 15 is 0 Å². The van der Waals surface area contributed by atoms with Gasteiger partial charge in [0.25, 0.3) is 11.6 Å². The van der Waals surface area contributed by atoms with Crippen LogP contribution in [0.2, 0.25) is 0 Å². The molecule has 0 saturated carbocycles. The third kappa shape index (κ3) is 4.51. The number of rotatable bonds is 6. The average molecular weight is 336 g/mol. The van der Waals surface area contributed by atoms with Crippen LogP contribution in [0.3, 0.4) is 0 Å². The van der Waals surface area contributed by atoms with Crippen LogP contribution in [0.4, 0.5) is 10.7 Å². The predicted octanol–water partition coefficient (Wildman–Crippen LogP) is 2.46. The molecule has 0 unspecified atom stereocenters. The molecule has 1 heterocycles. The van der Waals surface area contributed by atoms with Crippen LogP contribution in [0.1, 0.15) is 9.67 Å². The normalized spacial score (nSPS) is 9.96. The number of nitro benzene ring substituents is 1. The standard InChI is InChI=1S/C14H12N2O6S/c1-21-14(18)11-5-6-13(23-11)15-12(17)8-22-10-4-2-3-9(7-10)16(19)20/h2-7H,8H2,1H3,(H,15,17). The number of non-ortho nitro benzene ring substituents is 1. The van der Waals surface area contributed by atoms with E-state index in [0.717, 1.165) is 11.3 Å². The first-order valence-corrected chi connectivity index (χ1v) is 7.16. The first-order valence-electron chi connectivity index (χ1n) is 6.35. The molecular formula is C14H12N2O6S. The molecule has 120 valence electrons. The van der Waals surface area contributed by atoms with Gasteiger partial charge in [0, 0.05) is 6.07 Å². The van der Waals surface area contributed by atoms with Crippen molar-refractivity contribution in [3.8, 4) is 5.75 Å². The Hall–Kier alpha value is -2.94. The first-order chi connectivity index (χ1) is 11.0. The number of ether oxygens (including phenoxy) is 2. The molecule has 9 heteroatoms. The summed E-state index contributed by atoms with van der Waals surface area (Å²) in [5, 5.41) is 13.7. The van der Waals surface area contributed by atoms with E-state index in [4.69, 9.17) is 4.74 Å². The predicted molar refractivity (Wildman–Crippen MR) is 82.9 cm³/mol. The number of benzene rings is 1. The monoisotopic (exact) mass is 336 g/mol. The molecular weight excluding hydrogens is 324 g/mol. The molecule has 1 N–H and O–H groups in total. The Morgan fingerprint density at radius 3 is 2.78 bits per heavy atom. The van der Waals surface area contributed by atoms with Crippen LogP contribution in [0.15, 0.2) is 36.4 Å². The number of nitro groups is 1. The Labute approximate surface area is 134 Å². The molecule has 1 aromatic heterocycles. The summed E-state index contributed by atoms with van der Waals surface area (Å²) in [5.74, 6) is -0.714. The summed E-state index contributed by atoms with van der Waals surface area (Å²) in [6, 6.07) is 8.64. The van der Waals surface area contributed by atoms with Crippen LogP contribution < -0.4 is 10.1 Å². The lowest BCUT2D eigenvalue weighted by Crippen LogP contribution is -2.19. The number of nitrogens with zero attached hydrogens (tertiary/aromatic N) is 1. The number of thiophene rings is 1. The summed E-state index contributed by atoms with van der Waals surface area (Å²) >= 11 is 1.07. The number of amides is 1. The van der Waals surface area contributed by atoms with Crippen LogP contribution in [0, 0.1) is 10.1 Å². The fraction of sp³-hybridized carbons (Fsp3) is 0.143. The van der Waals surface area contributed by atoms with Crippen molar-refractivity contribution >= 4 is 33.9 Å². The molecule has 0 atom stereocenters. The zero-order chi connectivity index (χ0) is 16.8. The summed E-state index contributed by atoms with van der Waals surface area (Å²) in [6.07, 6.45) is 0. The van der Waals surface area contributed by atoms with Crippen molar-refractivity contribution in [1.29, 1.82) is 0 Å². The highest BCUT2D eigenvalue weighted by Gasteiger charge is 2.12. The van der Waals surface area contributed by atoms with E-state index in [9.17, 15) is 19.7 Å². The minimum absolute atomic E-state index is 0.121. The number of anilines is 1. The Bertz CT molecular complexity index is 742. The summed E-state index contributed by atoms with van der Waals surface area (Å²) in [7, 11) is 1.27. The van der Waals surface area contributed by atoms with Crippen LogP contribution in [-0.2, 0) is 9.53 Å². The summed E-state index contributed by atoms with van der Waals surface area (Å²) in [5.41, 5.74) is -0.121. The van der Waals surface area contributed by atoms with Gasteiger partial charge in [-0.05, 0) is 18.2 Å². The van der Waals surface area contributed by atoms with Gasteiger partial charge in [0.2, 0.25) is 0 Å². The van der Waals surface area contributed by atoms with Crippen molar-refractivity contribution in [1.82, 2.24) is 0 Å². The van der Waals surface area contributed by atoms with E-state index in [2.05, 4.69) is 10.1 Å². The second kappa shape index (κ2) is 7.36. The zero-order valence-electron chi connectivity index (χ0n) is 12.0. The van der Waals surface area contributed by atoms with Crippen LogP contribution in [0.5, 0.6) is 5.75 Å². The van der Waals surface area contributed by atoms with E-state index in [0.29, 0.717) is 9.88 Å². The van der Waals surface area contributed by atoms with Gasteiger partial charge in [-0.25, -0.2) is 4.79 Å². The minimum Gasteiger partial charge on any atom is -0.484 e. The maximum Gasteiger partial charge on any atom is 0.348 e. The number of carbonyl (C=O) groups is 2. The molecule has 1 aromatic carbocycles. The Morgan fingerprint density at radius 2 is 2.09 bits per heavy atom. The van der Waals surface area contributed by atoms with Crippen molar-refractivity contribution in [2.24, 2.45) is 0 Å². The van der Waals surface area contributed by atoms with Crippen molar-refractivity contribution < 1.29 is 24.0 Å². The molecule has 0 fully saturated rings. The minimum atomic E-state index is -0.549. The molecule has 0 spiro atoms. The Kier molecular flexibility index (Phi) is 5.26. The van der Waals surface area contributed by atoms with Gasteiger partial charge in [-0.3, -0.25) is 14.9 Å². The third-order valence-corrected chi connectivity index (χ3v) is 3.63. The molecule has 8 nitrogen and oxygen atoms in total. The number of nitrogens with one attached hydrogen (secondary N) is 1. The maximum atomic E-state index is 11.8. The third-order valence-electron chi connectivity index (χ3n) is 2.65. The SMILES string of the molecule is COC(=O)c1ccc(NC(=O)COc2cccc([N+](=O)[O-])c2)s1. The molecule has 2 rings (SSSR count). The first kappa shape index (κ1) is 16.4. The van der Waals surface area contributed by atoms with E-state index < -0.39 is 16.8 Å². The molecule has 2 aromatic rings. The summed E-state index contributed by atoms with van der Waals surface area (Å²) < 4.78 is 9.77. The maximum absolute atomic E-state index is 11.8. The zero-order valence-corrected chi connectivity index (χ0v) is 12.8. The van der Waals surface area contributed by atoms with Crippen molar-refractivity contribution in [2.75, 3.05) is 19.0 Å². The Balaban J connectivity index is 1.90. The quantitative estimate of drug-likeness (QED) is 0.493. The highest BCUT2D eigenvalue weighted by atomic mass is 32.1. The summed E-state index contributed by atoms with van der Waals surface area (Å²) in [4.78, 5) is 33.5. The number of esters is 1. The smallest absolute Gasteiger partial charge is 0.348 e. The highest BCUT2D eigenvalue weighted by Crippen LogP contribution is 2.23. The van der Waals surface area contributed by atoms with Crippen molar-refractivity contribution in [3.63, 3.8) is 0 Å². The van der Waals surface area contributed by atoms with Gasteiger partial charge in [-0.15, -0.1) is 11.3 Å². The number of hydrogen-bond donors (Lipinski definition) is 1. The molecule has 0 aliphatic heterocycles. The van der Waals surface area contributed by atoms with Gasteiger partial charge in [0.15, 0.2) is 6.61 Å². The van der Waals surface area contributed by atoms with Crippen LogP contribution in [-0.4, -0.2) is 30.5 Å². The number of methoxy groups -OCH3 is 1. The van der Waals surface area contributed by atoms with E-state index in [1.165, 1.54) is 37.4 Å². The van der Waals surface area contributed by atoms with Gasteiger partial charge in [-0.2, -0.15) is 0 Å². The van der Waals surface area contributed by atoms with E-state index in [1.54, 1.807) is 6.07 Å². The number of hydrogen-bond acceptors (Lipinski definition) is 7. The fourth-order valence-electron chi connectivity index (χ4n) is 1.62. The largest absolute Gasteiger partial charge is 0.484 e. The van der Waals surface area contributed by atoms with E-state index in [1.807, 2.05) is 0 Å². The van der Waals surface area contributed by atoms with Gasteiger partial charge in [-0.1, -0.05) is 6.07 Å². The topological polar surface area (TPSA) is 108 Å². The van der Waals surface area contributed by atoms with Crippen molar-refractivity contribution in [3.05, 3.63) is 51.4 Å². The van der Waals surface area contributed by atoms with Gasteiger partial charge in [0.1, 0.15) is 10.6 Å². The molecule has 0 bridgehead atoms. The number of carbonyl (C=O) groups excluding carboxylic acids is 2. The van der Waals surface area contributed by atoms with Gasteiger partial charge < -0.3 is 14.8 Å². The average Bonchev–Trinajstić information content (AvgIpc) is 3.01. The highest BCUT2D eigenvalue weighted by molar-refractivity contribution is 7.18. The molecule has 1 amide bonds. The lowest BCUT2D eigenvalue weighted by molar-refractivity contribution is -0.384. The lowest BCUT2D eigenvalue weighted by Gasteiger charge is -2.06. The van der Waals surface area contributed by atoms with Gasteiger partial charge in [0.05, 0.1) is 23.1 Å². The molecule has 0 aliphatic rings. The lowest BCUT2D eigenvalue weighted by atomic mass is 10.3. The Morgan fingerprint density at radius 1 is 1.30 bits per heavy atom. The second-order valence-corrected chi connectivity index (χ2v) is 5.33. The summed E-state index contributed by atoms with van der Waals surface area (Å²) in [6.45, 7) is -0.313. The van der Waals surface area contributed by atoms with Crippen LogP contribution >= 0.6 is 11.3 Å². The second-order valence-electron chi connectivity index (χ2n) is 4.25. The fourth-order valence-corrected chi connectivity index (χ4v) is 2.47. The van der Waals surface area contributed by atoms with Gasteiger partial charge >= 0.3 is 5.97 Å². The molecule has 0 saturated heterocycles. The molecule has 23 heavy (non-hydrogen) atoms. The van der Waals surface area contributed by atoms with Crippen molar-refractivity contribution in [2.45, 2.75) is 0 Å². The van der Waals surface area contributed by atoms with E-state index in [-0.39, 0.29) is 18.0 Å². The van der Waals surface area contributed by atoms with Crippen LogP contribution in [0.25, 0.3) is 0 Å². The molecule has 0 radical (unpaired) electrons.